The maximum atomic E-state index is 13.4. The number of rotatable bonds is 3. The van der Waals surface area contributed by atoms with Gasteiger partial charge in [0.2, 0.25) is 0 Å². The van der Waals surface area contributed by atoms with Gasteiger partial charge in [-0.1, -0.05) is 0 Å². The number of halogens is 4. The Morgan fingerprint density at radius 1 is 1.39 bits per heavy atom. The Kier molecular flexibility index (Phi) is 4.28. The molecule has 7 heteroatoms. The number of carbonyl (C=O) groups excluding carboxylic acids is 1. The maximum absolute atomic E-state index is 13.4. The highest BCUT2D eigenvalue weighted by Crippen LogP contribution is 2.30. The molecule has 0 aliphatic rings. The standard InChI is InChI=1S/C11H12F4N2O/c1-17(5-4-16)10(18)8-6-7(11(13,14)15)2-3-9(8)12/h2-3,6H,4-5,16H2,1H3. The summed E-state index contributed by atoms with van der Waals surface area (Å²) in [4.78, 5) is 12.8. The highest BCUT2D eigenvalue weighted by molar-refractivity contribution is 5.94. The fraction of sp³-hybridized carbons (Fsp3) is 0.364. The first-order valence-corrected chi connectivity index (χ1v) is 5.09. The first kappa shape index (κ1) is 14.4. The van der Waals surface area contributed by atoms with Crippen molar-refractivity contribution in [2.45, 2.75) is 6.18 Å². The lowest BCUT2D eigenvalue weighted by molar-refractivity contribution is -0.137. The van der Waals surface area contributed by atoms with Crippen LogP contribution in [0.4, 0.5) is 17.6 Å². The van der Waals surface area contributed by atoms with E-state index in [0.29, 0.717) is 18.2 Å². The molecule has 2 N–H and O–H groups in total. The number of nitrogens with two attached hydrogens (primary N) is 1. The van der Waals surface area contributed by atoms with Crippen molar-refractivity contribution in [2.24, 2.45) is 5.73 Å². The van der Waals surface area contributed by atoms with Crippen molar-refractivity contribution in [3.63, 3.8) is 0 Å². The van der Waals surface area contributed by atoms with Gasteiger partial charge in [-0.2, -0.15) is 13.2 Å². The molecule has 0 aliphatic heterocycles. The third-order valence-corrected chi connectivity index (χ3v) is 2.34. The number of alkyl halides is 3. The van der Waals surface area contributed by atoms with Gasteiger partial charge in [0.1, 0.15) is 5.82 Å². The van der Waals surface area contributed by atoms with Crippen LogP contribution in [0.1, 0.15) is 15.9 Å². The zero-order valence-corrected chi connectivity index (χ0v) is 9.59. The fourth-order valence-corrected chi connectivity index (χ4v) is 1.37. The predicted molar refractivity (Wildman–Crippen MR) is 57.4 cm³/mol. The predicted octanol–water partition coefficient (Wildman–Crippen LogP) is 1.88. The van der Waals surface area contributed by atoms with E-state index >= 15 is 0 Å². The summed E-state index contributed by atoms with van der Waals surface area (Å²) in [7, 11) is 1.34. The third-order valence-electron chi connectivity index (χ3n) is 2.34. The van der Waals surface area contributed by atoms with Gasteiger partial charge < -0.3 is 10.6 Å². The van der Waals surface area contributed by atoms with Crippen molar-refractivity contribution in [1.29, 1.82) is 0 Å². The molecule has 0 aliphatic carbocycles. The molecule has 0 fully saturated rings. The SMILES string of the molecule is CN(CCN)C(=O)c1cc(C(F)(F)F)ccc1F. The van der Waals surface area contributed by atoms with Crippen LogP contribution in [0.2, 0.25) is 0 Å². The smallest absolute Gasteiger partial charge is 0.340 e. The van der Waals surface area contributed by atoms with E-state index in [1.807, 2.05) is 0 Å². The molecule has 0 saturated carbocycles. The van der Waals surface area contributed by atoms with Gasteiger partial charge in [0.25, 0.3) is 5.91 Å². The Morgan fingerprint density at radius 3 is 2.50 bits per heavy atom. The molecule has 100 valence electrons. The monoisotopic (exact) mass is 264 g/mol. The first-order chi connectivity index (χ1) is 8.27. The Balaban J connectivity index is 3.12. The minimum Gasteiger partial charge on any atom is -0.340 e. The van der Waals surface area contributed by atoms with E-state index in [-0.39, 0.29) is 13.1 Å². The van der Waals surface area contributed by atoms with E-state index in [0.717, 1.165) is 4.90 Å². The van der Waals surface area contributed by atoms with Gasteiger partial charge in [-0.3, -0.25) is 4.79 Å². The van der Waals surface area contributed by atoms with E-state index < -0.39 is 29.0 Å². The number of benzene rings is 1. The first-order valence-electron chi connectivity index (χ1n) is 5.09. The summed E-state index contributed by atoms with van der Waals surface area (Å²) in [5.74, 6) is -1.82. The zero-order valence-electron chi connectivity index (χ0n) is 9.59. The molecular formula is C11H12F4N2O. The van der Waals surface area contributed by atoms with Crippen molar-refractivity contribution in [1.82, 2.24) is 4.90 Å². The van der Waals surface area contributed by atoms with Crippen LogP contribution in [-0.4, -0.2) is 30.9 Å². The molecule has 1 aromatic rings. The summed E-state index contributed by atoms with van der Waals surface area (Å²) in [6.07, 6.45) is -4.62. The van der Waals surface area contributed by atoms with Gasteiger partial charge in [-0.05, 0) is 18.2 Å². The molecular weight excluding hydrogens is 252 g/mol. The highest BCUT2D eigenvalue weighted by atomic mass is 19.4. The summed E-state index contributed by atoms with van der Waals surface area (Å²) in [6, 6.07) is 1.73. The van der Waals surface area contributed by atoms with E-state index in [9.17, 15) is 22.4 Å². The average Bonchev–Trinajstić information content (AvgIpc) is 2.27. The van der Waals surface area contributed by atoms with Crippen LogP contribution in [-0.2, 0) is 6.18 Å². The molecule has 3 nitrogen and oxygen atoms in total. The molecule has 0 heterocycles. The van der Waals surface area contributed by atoms with Crippen molar-refractivity contribution < 1.29 is 22.4 Å². The molecule has 0 atom stereocenters. The Morgan fingerprint density at radius 2 is 2.00 bits per heavy atom. The lowest BCUT2D eigenvalue weighted by Gasteiger charge is -2.17. The number of likely N-dealkylation sites (N-methyl/N-ethyl adjacent to an activating group) is 1. The van der Waals surface area contributed by atoms with Gasteiger partial charge in [0.15, 0.2) is 0 Å². The minimum absolute atomic E-state index is 0.133. The van der Waals surface area contributed by atoms with Gasteiger partial charge in [-0.25, -0.2) is 4.39 Å². The minimum atomic E-state index is -4.62. The maximum Gasteiger partial charge on any atom is 0.416 e. The van der Waals surface area contributed by atoms with Crippen LogP contribution in [0.25, 0.3) is 0 Å². The Labute approximate surface area is 101 Å². The van der Waals surface area contributed by atoms with Gasteiger partial charge in [0.05, 0.1) is 11.1 Å². The molecule has 0 spiro atoms. The number of amides is 1. The van der Waals surface area contributed by atoms with Crippen LogP contribution >= 0.6 is 0 Å². The molecule has 0 saturated heterocycles. The summed E-state index contributed by atoms with van der Waals surface area (Å²) in [5.41, 5.74) is 3.54. The van der Waals surface area contributed by atoms with Crippen LogP contribution in [0.5, 0.6) is 0 Å². The lowest BCUT2D eigenvalue weighted by atomic mass is 10.1. The van der Waals surface area contributed by atoms with Gasteiger partial charge in [-0.15, -0.1) is 0 Å². The summed E-state index contributed by atoms with van der Waals surface area (Å²) < 4.78 is 50.7. The van der Waals surface area contributed by atoms with Crippen LogP contribution in [0, 0.1) is 5.82 Å². The molecule has 0 bridgehead atoms. The topological polar surface area (TPSA) is 46.3 Å². The highest BCUT2D eigenvalue weighted by Gasteiger charge is 2.32. The van der Waals surface area contributed by atoms with Crippen molar-refractivity contribution in [3.05, 3.63) is 35.1 Å². The molecule has 0 aromatic heterocycles. The van der Waals surface area contributed by atoms with E-state index in [4.69, 9.17) is 5.73 Å². The van der Waals surface area contributed by atoms with Crippen LogP contribution < -0.4 is 5.73 Å². The second-order valence-corrected chi connectivity index (χ2v) is 3.71. The molecule has 18 heavy (non-hydrogen) atoms. The lowest BCUT2D eigenvalue weighted by Crippen LogP contribution is -2.32. The number of hydrogen-bond acceptors (Lipinski definition) is 2. The van der Waals surface area contributed by atoms with Crippen molar-refractivity contribution in [3.8, 4) is 0 Å². The number of nitrogens with zero attached hydrogens (tertiary/aromatic N) is 1. The molecule has 0 unspecified atom stereocenters. The summed E-state index contributed by atoms with van der Waals surface area (Å²) in [5, 5.41) is 0. The van der Waals surface area contributed by atoms with Crippen LogP contribution in [0.15, 0.2) is 18.2 Å². The average molecular weight is 264 g/mol. The van der Waals surface area contributed by atoms with Crippen molar-refractivity contribution in [2.75, 3.05) is 20.1 Å². The zero-order chi connectivity index (χ0) is 13.9. The Hall–Kier alpha value is -1.63. The number of carbonyl (C=O) groups is 1. The molecule has 1 aromatic carbocycles. The van der Waals surface area contributed by atoms with Gasteiger partial charge >= 0.3 is 6.18 Å². The van der Waals surface area contributed by atoms with E-state index in [2.05, 4.69) is 0 Å². The quantitative estimate of drug-likeness (QED) is 0.847. The van der Waals surface area contributed by atoms with E-state index in [1.165, 1.54) is 7.05 Å². The van der Waals surface area contributed by atoms with Crippen LogP contribution in [0.3, 0.4) is 0 Å². The Bertz CT molecular complexity index is 445. The molecule has 0 radical (unpaired) electrons. The molecule has 1 rings (SSSR count). The summed E-state index contributed by atoms with van der Waals surface area (Å²) in [6.45, 7) is 0.275. The van der Waals surface area contributed by atoms with E-state index in [1.54, 1.807) is 0 Å². The second-order valence-electron chi connectivity index (χ2n) is 3.71. The molecule has 1 amide bonds. The third kappa shape index (κ3) is 3.19. The number of hydrogen-bond donors (Lipinski definition) is 1. The normalized spacial score (nSPS) is 11.4. The van der Waals surface area contributed by atoms with Crippen molar-refractivity contribution >= 4 is 5.91 Å². The second kappa shape index (κ2) is 5.34. The summed E-state index contributed by atoms with van der Waals surface area (Å²) >= 11 is 0. The largest absolute Gasteiger partial charge is 0.416 e. The fourth-order valence-electron chi connectivity index (χ4n) is 1.37. The van der Waals surface area contributed by atoms with Gasteiger partial charge in [0, 0.05) is 20.1 Å².